The molecule has 2 aromatic carbocycles. The summed E-state index contributed by atoms with van der Waals surface area (Å²) in [6, 6.07) is 13.0. The van der Waals surface area contributed by atoms with Crippen LogP contribution in [0.3, 0.4) is 0 Å². The lowest BCUT2D eigenvalue weighted by Gasteiger charge is -2.34. The van der Waals surface area contributed by atoms with Crippen molar-refractivity contribution in [3.63, 3.8) is 0 Å². The fourth-order valence-electron chi connectivity index (χ4n) is 4.07. The van der Waals surface area contributed by atoms with Gasteiger partial charge in [-0.15, -0.1) is 0 Å². The molecule has 32 heavy (non-hydrogen) atoms. The molecule has 0 aliphatic carbocycles. The van der Waals surface area contributed by atoms with E-state index in [1.165, 1.54) is 16.7 Å². The average Bonchev–Trinajstić information content (AvgIpc) is 2.72. The molecular formula is C27H39NO3S. The Morgan fingerprint density at radius 2 is 1.53 bits per heavy atom. The Kier molecular flexibility index (Phi) is 8.83. The van der Waals surface area contributed by atoms with Crippen LogP contribution in [0.15, 0.2) is 36.4 Å². The maximum atomic E-state index is 12.2. The number of hydrogen-bond donors (Lipinski definition) is 1. The van der Waals surface area contributed by atoms with Gasteiger partial charge in [0, 0.05) is 23.6 Å². The summed E-state index contributed by atoms with van der Waals surface area (Å²) in [6.45, 7) is 15.0. The van der Waals surface area contributed by atoms with Crippen molar-refractivity contribution in [3.05, 3.63) is 64.2 Å². The Labute approximate surface area is 196 Å². The van der Waals surface area contributed by atoms with Crippen LogP contribution in [-0.4, -0.2) is 22.9 Å². The average molecular weight is 458 g/mol. The molecule has 0 fully saturated rings. The van der Waals surface area contributed by atoms with Crippen LogP contribution in [0.1, 0.15) is 75.3 Å². The predicted molar refractivity (Wildman–Crippen MR) is 135 cm³/mol. The predicted octanol–water partition coefficient (Wildman–Crippen LogP) is 5.79. The number of ketones is 1. The summed E-state index contributed by atoms with van der Waals surface area (Å²) < 4.78 is 20.3. The topological polar surface area (TPSA) is 55.4 Å². The SMILES string of the molecule is CCC(CC)(c1ccc(CNS(C)=O)c(C)c1)c1ccc(OCC(=O)C(C)(C)C)c(C)c1. The molecule has 0 radical (unpaired) electrons. The molecule has 4 nitrogen and oxygen atoms in total. The van der Waals surface area contributed by atoms with E-state index in [1.807, 2.05) is 33.8 Å². The van der Waals surface area contributed by atoms with Crippen molar-refractivity contribution in [1.82, 2.24) is 4.72 Å². The number of Topliss-reactive ketones (excluding diaryl/α,β-unsaturated/α-hetero) is 1. The van der Waals surface area contributed by atoms with E-state index >= 15 is 0 Å². The maximum absolute atomic E-state index is 12.2. The first-order chi connectivity index (χ1) is 14.9. The van der Waals surface area contributed by atoms with Crippen molar-refractivity contribution in [2.75, 3.05) is 12.9 Å². The molecule has 2 rings (SSSR count). The van der Waals surface area contributed by atoms with Crippen molar-refractivity contribution < 1.29 is 13.7 Å². The Hall–Kier alpha value is -1.98. The number of ether oxygens (including phenoxy) is 1. The number of hydrogen-bond acceptors (Lipinski definition) is 3. The van der Waals surface area contributed by atoms with Crippen molar-refractivity contribution in [2.45, 2.75) is 73.3 Å². The van der Waals surface area contributed by atoms with Crippen molar-refractivity contribution in [3.8, 4) is 5.75 Å². The molecule has 176 valence electrons. The summed E-state index contributed by atoms with van der Waals surface area (Å²) in [5, 5.41) is 0. The molecule has 2 aromatic rings. The molecule has 5 heteroatoms. The Morgan fingerprint density at radius 3 is 2.00 bits per heavy atom. The lowest BCUT2D eigenvalue weighted by atomic mass is 9.70. The Balaban J connectivity index is 2.35. The maximum Gasteiger partial charge on any atom is 0.175 e. The van der Waals surface area contributed by atoms with E-state index < -0.39 is 16.4 Å². The van der Waals surface area contributed by atoms with Gasteiger partial charge in [-0.2, -0.15) is 0 Å². The van der Waals surface area contributed by atoms with E-state index in [1.54, 1.807) is 6.26 Å². The second kappa shape index (κ2) is 10.8. The third-order valence-corrected chi connectivity index (χ3v) is 7.04. The molecule has 0 spiro atoms. The van der Waals surface area contributed by atoms with Crippen LogP contribution in [-0.2, 0) is 27.7 Å². The van der Waals surface area contributed by atoms with Gasteiger partial charge in [0.2, 0.25) is 0 Å². The van der Waals surface area contributed by atoms with E-state index in [9.17, 15) is 9.00 Å². The quantitative estimate of drug-likeness (QED) is 0.491. The van der Waals surface area contributed by atoms with Gasteiger partial charge in [-0.3, -0.25) is 4.79 Å². The number of benzene rings is 2. The first-order valence-corrected chi connectivity index (χ1v) is 12.9. The number of nitrogens with one attached hydrogen (secondary N) is 1. The van der Waals surface area contributed by atoms with Gasteiger partial charge >= 0.3 is 0 Å². The number of carbonyl (C=O) groups excluding carboxylic acids is 1. The van der Waals surface area contributed by atoms with Gasteiger partial charge in [0.1, 0.15) is 12.4 Å². The minimum Gasteiger partial charge on any atom is -0.486 e. The summed E-state index contributed by atoms with van der Waals surface area (Å²) in [6.07, 6.45) is 3.60. The molecular weight excluding hydrogens is 418 g/mol. The molecule has 1 atom stereocenters. The Bertz CT molecular complexity index is 971. The van der Waals surface area contributed by atoms with Gasteiger partial charge in [-0.25, -0.2) is 8.93 Å². The summed E-state index contributed by atoms with van der Waals surface area (Å²) in [4.78, 5) is 12.2. The first kappa shape index (κ1) is 26.3. The number of aryl methyl sites for hydroxylation is 2. The zero-order valence-electron chi connectivity index (χ0n) is 20.9. The molecule has 0 bridgehead atoms. The fourth-order valence-corrected chi connectivity index (χ4v) is 4.43. The summed E-state index contributed by atoms with van der Waals surface area (Å²) >= 11 is 0. The third-order valence-electron chi connectivity index (χ3n) is 6.49. The molecule has 0 saturated heterocycles. The van der Waals surface area contributed by atoms with E-state index in [0.717, 1.165) is 29.7 Å². The molecule has 1 N–H and O–H groups in total. The van der Waals surface area contributed by atoms with Crippen molar-refractivity contribution in [1.29, 1.82) is 0 Å². The lowest BCUT2D eigenvalue weighted by molar-refractivity contribution is -0.128. The highest BCUT2D eigenvalue weighted by atomic mass is 32.2. The molecule has 0 amide bonds. The van der Waals surface area contributed by atoms with Crippen molar-refractivity contribution in [2.24, 2.45) is 5.41 Å². The highest BCUT2D eigenvalue weighted by molar-refractivity contribution is 7.82. The van der Waals surface area contributed by atoms with E-state index in [0.29, 0.717) is 6.54 Å². The standard InChI is InChI=1S/C27H39NO3S/c1-9-27(10-2,22-12-11-21(19(3)15-22)17-28-32(8)30)23-13-14-24(20(4)16-23)31-18-25(29)26(5,6)7/h11-16,28H,9-10,17-18H2,1-8H3. The Morgan fingerprint density at radius 1 is 0.969 bits per heavy atom. The van der Waals surface area contributed by atoms with Crippen LogP contribution in [0.5, 0.6) is 5.75 Å². The van der Waals surface area contributed by atoms with Crippen LogP contribution in [0.25, 0.3) is 0 Å². The van der Waals surface area contributed by atoms with Crippen LogP contribution >= 0.6 is 0 Å². The van der Waals surface area contributed by atoms with Crippen molar-refractivity contribution >= 4 is 16.8 Å². The monoisotopic (exact) mass is 457 g/mol. The zero-order valence-corrected chi connectivity index (χ0v) is 21.7. The minimum absolute atomic E-state index is 0.0909. The summed E-state index contributed by atoms with van der Waals surface area (Å²) in [7, 11) is -1.03. The molecule has 0 aliphatic rings. The van der Waals surface area contributed by atoms with Gasteiger partial charge in [-0.05, 0) is 60.6 Å². The fraction of sp³-hybridized carbons (Fsp3) is 0.519. The van der Waals surface area contributed by atoms with Gasteiger partial charge in [-0.1, -0.05) is 65.0 Å². The molecule has 0 heterocycles. The van der Waals surface area contributed by atoms with Crippen LogP contribution in [0.2, 0.25) is 0 Å². The van der Waals surface area contributed by atoms with Crippen LogP contribution in [0.4, 0.5) is 0 Å². The van der Waals surface area contributed by atoms with Gasteiger partial charge < -0.3 is 4.74 Å². The first-order valence-electron chi connectivity index (χ1n) is 11.4. The van der Waals surface area contributed by atoms with Crippen LogP contribution < -0.4 is 9.46 Å². The van der Waals surface area contributed by atoms with E-state index in [4.69, 9.17) is 4.74 Å². The summed E-state index contributed by atoms with van der Waals surface area (Å²) in [5.74, 6) is 0.854. The third kappa shape index (κ3) is 6.08. The molecule has 0 aromatic heterocycles. The normalized spacial score (nSPS) is 13.1. The largest absolute Gasteiger partial charge is 0.486 e. The van der Waals surface area contributed by atoms with E-state index in [-0.39, 0.29) is 17.8 Å². The van der Waals surface area contributed by atoms with Gasteiger partial charge in [0.25, 0.3) is 0 Å². The number of carbonyl (C=O) groups is 1. The highest BCUT2D eigenvalue weighted by Gasteiger charge is 2.31. The minimum atomic E-state index is -1.03. The smallest absolute Gasteiger partial charge is 0.175 e. The highest BCUT2D eigenvalue weighted by Crippen LogP contribution is 2.41. The van der Waals surface area contributed by atoms with Crippen LogP contribution in [0, 0.1) is 19.3 Å². The zero-order chi connectivity index (χ0) is 24.1. The number of rotatable bonds is 10. The van der Waals surface area contributed by atoms with Gasteiger partial charge in [0.15, 0.2) is 5.78 Å². The van der Waals surface area contributed by atoms with Gasteiger partial charge in [0.05, 0.1) is 11.0 Å². The van der Waals surface area contributed by atoms with E-state index in [2.05, 4.69) is 55.8 Å². The molecule has 0 saturated carbocycles. The lowest BCUT2D eigenvalue weighted by Crippen LogP contribution is -2.27. The molecule has 0 aliphatic heterocycles. The second-order valence-corrected chi connectivity index (χ2v) is 10.8. The summed E-state index contributed by atoms with van der Waals surface area (Å²) in [5.41, 5.74) is 5.44. The molecule has 1 unspecified atom stereocenters. The second-order valence-electron chi connectivity index (χ2n) is 9.65.